The topological polar surface area (TPSA) is 253 Å². The number of carboxylic acid groups (broad SMARTS) is 1. The van der Waals surface area contributed by atoms with Crippen LogP contribution in [0, 0.1) is 0 Å². The minimum Gasteiger partial charge on any atom is -0.480 e. The zero-order valence-corrected chi connectivity index (χ0v) is 17.1. The second-order valence-corrected chi connectivity index (χ2v) is 9.12. The van der Waals surface area contributed by atoms with Crippen LogP contribution in [0.25, 0.3) is 0 Å². The molecule has 3 heterocycles. The van der Waals surface area contributed by atoms with Crippen molar-refractivity contribution in [2.75, 3.05) is 25.1 Å². The average molecular weight is 486 g/mol. The first-order valence-corrected chi connectivity index (χ1v) is 11.4. The molecule has 5 atom stereocenters. The molecule has 172 valence electrons. The minimum absolute atomic E-state index is 0.0996. The summed E-state index contributed by atoms with van der Waals surface area (Å²) < 4.78 is 37.1. The van der Waals surface area contributed by atoms with Gasteiger partial charge in [-0.25, -0.2) is 18.7 Å². The van der Waals surface area contributed by atoms with E-state index in [0.29, 0.717) is 0 Å². The maximum Gasteiger partial charge on any atom is 0.481 e. The van der Waals surface area contributed by atoms with Gasteiger partial charge in [0.1, 0.15) is 24.9 Å². The molecule has 0 amide bonds. The first kappa shape index (κ1) is 23.7. The van der Waals surface area contributed by atoms with Crippen LogP contribution < -0.4 is 20.7 Å². The third-order valence-corrected chi connectivity index (χ3v) is 6.27. The van der Waals surface area contributed by atoms with Crippen LogP contribution in [-0.4, -0.2) is 90.3 Å². The van der Waals surface area contributed by atoms with Crippen molar-refractivity contribution in [3.63, 3.8) is 0 Å². The number of aliphatic carboxylic acids is 1. The molecule has 1 fully saturated rings. The average Bonchev–Trinajstić information content (AvgIpc) is 3.19. The molecule has 0 radical (unpaired) electrons. The van der Waals surface area contributed by atoms with E-state index >= 15 is 0 Å². The number of carbonyl (C=O) groups is 1. The van der Waals surface area contributed by atoms with Crippen molar-refractivity contribution < 1.29 is 57.5 Å². The number of hydrogen-bond donors (Lipinski definition) is 7. The highest BCUT2D eigenvalue weighted by molar-refractivity contribution is 7.60. The Labute approximate surface area is 172 Å². The molecule has 1 aromatic rings. The molecule has 1 aromatic heterocycles. The van der Waals surface area contributed by atoms with Gasteiger partial charge >= 0.3 is 27.1 Å². The fraction of sp³-hybridized carbons (Fsp3) is 0.583. The molecule has 31 heavy (non-hydrogen) atoms. The lowest BCUT2D eigenvalue weighted by atomic mass is 10.1. The molecular weight excluding hydrogens is 468 g/mol. The summed E-state index contributed by atoms with van der Waals surface area (Å²) in [5, 5.41) is 32.1. The Hall–Kier alpha value is -1.91. The molecule has 17 nitrogen and oxygen atoms in total. The third-order valence-electron chi connectivity index (χ3n) is 4.12. The van der Waals surface area contributed by atoms with Crippen LogP contribution in [0.5, 0.6) is 0 Å². The molecule has 3 rings (SSSR count). The van der Waals surface area contributed by atoms with Crippen molar-refractivity contribution >= 4 is 27.4 Å². The number of nitrogens with one attached hydrogen (secondary N) is 1. The minimum atomic E-state index is -5.33. The number of carboxylic acids is 1. The highest BCUT2D eigenvalue weighted by Gasteiger charge is 2.49. The van der Waals surface area contributed by atoms with E-state index in [4.69, 9.17) is 19.6 Å². The molecule has 1 saturated heterocycles. The van der Waals surface area contributed by atoms with Gasteiger partial charge in [-0.3, -0.25) is 9.32 Å². The van der Waals surface area contributed by atoms with E-state index in [1.165, 1.54) is 4.58 Å². The summed E-state index contributed by atoms with van der Waals surface area (Å²) in [6, 6.07) is 0. The highest BCUT2D eigenvalue weighted by atomic mass is 31.3. The lowest BCUT2D eigenvalue weighted by Gasteiger charge is -2.17. The standard InChI is InChI=1S/C12H17N5O12P2/c18-6(19)1-13-10-7-11(15-3-14-10)17(4-16-7)12-9(21)8(20)5(28-12)2-27-31(25,26)29-30(22,23)24/h3,5,8-9,12,20-21H,1-2,4H2,(H4,18,19,22,23,24,25,26)/p+1. The Bertz CT molecular complexity index is 1080. The molecule has 2 aliphatic heterocycles. The van der Waals surface area contributed by atoms with Crippen LogP contribution in [0.2, 0.25) is 0 Å². The molecular formula is C12H18N5O12P2+. The predicted octanol–water partition coefficient (Wildman–Crippen LogP) is -4.27. The summed E-state index contributed by atoms with van der Waals surface area (Å²) in [4.78, 5) is 49.3. The van der Waals surface area contributed by atoms with E-state index in [9.17, 15) is 29.0 Å². The third kappa shape index (κ3) is 5.67. The van der Waals surface area contributed by atoms with Crippen molar-refractivity contribution in [3.05, 3.63) is 17.2 Å². The maximum atomic E-state index is 11.6. The number of anilines is 1. The van der Waals surface area contributed by atoms with Gasteiger partial charge in [0.25, 0.3) is 0 Å². The van der Waals surface area contributed by atoms with E-state index in [1.807, 2.05) is 0 Å². The second kappa shape index (κ2) is 8.91. The lowest BCUT2D eigenvalue weighted by molar-refractivity contribution is -0.134. The monoisotopic (exact) mass is 486 g/mol. The number of phosphoric acid groups is 2. The van der Waals surface area contributed by atoms with Crippen LogP contribution in [0.4, 0.5) is 5.82 Å². The van der Waals surface area contributed by atoms with E-state index in [0.717, 1.165) is 6.33 Å². The first-order valence-electron chi connectivity index (χ1n) is 8.38. The van der Waals surface area contributed by atoms with E-state index in [-0.39, 0.29) is 23.3 Å². The van der Waals surface area contributed by atoms with Crippen LogP contribution in [0.3, 0.4) is 0 Å². The Morgan fingerprint density at radius 1 is 1.26 bits per heavy atom. The Kier molecular flexibility index (Phi) is 6.83. The summed E-state index contributed by atoms with van der Waals surface area (Å²) >= 11 is 0. The molecule has 19 heteroatoms. The van der Waals surface area contributed by atoms with Gasteiger partial charge in [0.05, 0.1) is 6.61 Å². The Balaban J connectivity index is 1.78. The zero-order chi connectivity index (χ0) is 23.0. The molecule has 0 saturated carbocycles. The number of fused-ring (bicyclic) bond motifs is 1. The number of hydrogen-bond acceptors (Lipinski definition) is 12. The molecule has 2 aliphatic rings. The van der Waals surface area contributed by atoms with Gasteiger partial charge in [-0.1, -0.05) is 0 Å². The molecule has 7 N–H and O–H groups in total. The summed E-state index contributed by atoms with van der Waals surface area (Å²) in [5.41, 5.74) is 0.165. The quantitative estimate of drug-likeness (QED) is 0.129. The predicted molar refractivity (Wildman–Crippen MR) is 94.6 cm³/mol. The number of aliphatic hydroxyl groups excluding tert-OH is 2. The molecule has 0 aromatic carbocycles. The van der Waals surface area contributed by atoms with Crippen molar-refractivity contribution in [1.29, 1.82) is 0 Å². The number of ether oxygens (including phenoxy) is 1. The summed E-state index contributed by atoms with van der Waals surface area (Å²) in [6.07, 6.45) is -4.67. The van der Waals surface area contributed by atoms with Gasteiger partial charge < -0.3 is 40.1 Å². The molecule has 0 aliphatic carbocycles. The normalized spacial score (nSPS) is 27.5. The zero-order valence-electron chi connectivity index (χ0n) is 15.3. The lowest BCUT2D eigenvalue weighted by Crippen LogP contribution is -2.48. The summed E-state index contributed by atoms with van der Waals surface area (Å²) in [5.74, 6) is -1.01. The number of phosphoric ester groups is 1. The maximum absolute atomic E-state index is 11.6. The van der Waals surface area contributed by atoms with E-state index in [1.54, 1.807) is 0 Å². The highest BCUT2D eigenvalue weighted by Crippen LogP contribution is 2.57. The number of rotatable bonds is 9. The molecule has 0 spiro atoms. The number of aliphatic hydroxyl groups is 2. The Morgan fingerprint density at radius 3 is 2.61 bits per heavy atom. The number of nitrogens with zero attached hydrogens (tertiary/aromatic N) is 4. The second-order valence-electron chi connectivity index (χ2n) is 6.29. The van der Waals surface area contributed by atoms with Crippen LogP contribution in [0.1, 0.15) is 0 Å². The fourth-order valence-corrected chi connectivity index (χ4v) is 4.48. The first-order chi connectivity index (χ1) is 14.4. The van der Waals surface area contributed by atoms with Crippen molar-refractivity contribution in [2.24, 2.45) is 4.99 Å². The van der Waals surface area contributed by atoms with Gasteiger partial charge in [0.15, 0.2) is 17.8 Å². The largest absolute Gasteiger partial charge is 0.481 e. The molecule has 5 unspecified atom stereocenters. The molecule has 0 bridgehead atoms. The van der Waals surface area contributed by atoms with Crippen LogP contribution >= 0.6 is 15.6 Å². The smallest absolute Gasteiger partial charge is 0.480 e. The Morgan fingerprint density at radius 2 is 1.97 bits per heavy atom. The van der Waals surface area contributed by atoms with E-state index in [2.05, 4.69) is 29.1 Å². The van der Waals surface area contributed by atoms with Gasteiger partial charge in [0.2, 0.25) is 12.6 Å². The number of aromatic nitrogens is 2. The SMILES string of the molecule is O=C(O)CNc1ncnc2c1=NC[N+]=2C1OC(COP(=O)(O)OP(=O)(O)O)C(O)C1O. The van der Waals surface area contributed by atoms with Gasteiger partial charge in [-0.15, -0.1) is 0 Å². The summed E-state index contributed by atoms with van der Waals surface area (Å²) in [7, 11) is -10.5. The van der Waals surface area contributed by atoms with Gasteiger partial charge in [-0.2, -0.15) is 9.29 Å². The summed E-state index contributed by atoms with van der Waals surface area (Å²) in [6.45, 7) is -1.38. The van der Waals surface area contributed by atoms with Gasteiger partial charge in [-0.05, 0) is 4.98 Å². The van der Waals surface area contributed by atoms with Gasteiger partial charge in [0, 0.05) is 0 Å². The fourth-order valence-electron chi connectivity index (χ4n) is 2.88. The van der Waals surface area contributed by atoms with Crippen LogP contribution in [-0.2, 0) is 27.5 Å². The van der Waals surface area contributed by atoms with Crippen molar-refractivity contribution in [2.45, 2.75) is 24.5 Å². The van der Waals surface area contributed by atoms with Crippen molar-refractivity contribution in [1.82, 2.24) is 14.5 Å². The van der Waals surface area contributed by atoms with Crippen LogP contribution in [0.15, 0.2) is 11.3 Å². The van der Waals surface area contributed by atoms with Crippen molar-refractivity contribution in [3.8, 4) is 0 Å². The van der Waals surface area contributed by atoms with E-state index < -0.39 is 59.3 Å².